The molecule has 0 amide bonds. The van der Waals surface area contributed by atoms with Gasteiger partial charge in [0.25, 0.3) is 5.89 Å². The predicted molar refractivity (Wildman–Crippen MR) is 76.8 cm³/mol. The highest BCUT2D eigenvalue weighted by atomic mass is 19.1. The lowest BCUT2D eigenvalue weighted by atomic mass is 10.1. The molecule has 0 atom stereocenters. The number of rotatable bonds is 3. The van der Waals surface area contributed by atoms with Crippen LogP contribution in [0.3, 0.4) is 0 Å². The van der Waals surface area contributed by atoms with Crippen molar-refractivity contribution >= 4 is 5.97 Å². The summed E-state index contributed by atoms with van der Waals surface area (Å²) in [7, 11) is 0. The molecular weight excluding hydrogens is 287 g/mol. The minimum Gasteiger partial charge on any atom is -0.478 e. The number of hydrogen-bond donors (Lipinski definition) is 1. The van der Waals surface area contributed by atoms with Gasteiger partial charge < -0.3 is 9.63 Å². The highest BCUT2D eigenvalue weighted by molar-refractivity contribution is 5.94. The van der Waals surface area contributed by atoms with Crippen molar-refractivity contribution < 1.29 is 18.8 Å². The van der Waals surface area contributed by atoms with Crippen LogP contribution in [0.15, 0.2) is 47.0 Å². The topological polar surface area (TPSA) is 76.2 Å². The highest BCUT2D eigenvalue weighted by Gasteiger charge is 2.18. The Bertz CT molecular complexity index is 858. The zero-order valence-electron chi connectivity index (χ0n) is 11.6. The maximum absolute atomic E-state index is 13.9. The lowest BCUT2D eigenvalue weighted by molar-refractivity contribution is 0.0697. The fourth-order valence-corrected chi connectivity index (χ4v) is 2.11. The van der Waals surface area contributed by atoms with Gasteiger partial charge in [0, 0.05) is 5.56 Å². The number of carboxylic acids is 1. The maximum atomic E-state index is 13.9. The SMILES string of the molecule is Cc1ccc(F)c(-c2nc(-c3ccccc3C(=O)O)no2)c1. The summed E-state index contributed by atoms with van der Waals surface area (Å²) in [6, 6.07) is 10.8. The van der Waals surface area contributed by atoms with Gasteiger partial charge in [-0.3, -0.25) is 0 Å². The summed E-state index contributed by atoms with van der Waals surface area (Å²) in [6.45, 7) is 1.82. The van der Waals surface area contributed by atoms with Crippen LogP contribution < -0.4 is 0 Å². The summed E-state index contributed by atoms with van der Waals surface area (Å²) in [5.41, 5.74) is 1.41. The molecule has 1 aromatic heterocycles. The zero-order valence-corrected chi connectivity index (χ0v) is 11.6. The largest absolute Gasteiger partial charge is 0.478 e. The van der Waals surface area contributed by atoms with E-state index >= 15 is 0 Å². The molecule has 0 aliphatic rings. The second-order valence-electron chi connectivity index (χ2n) is 4.76. The van der Waals surface area contributed by atoms with E-state index in [1.165, 1.54) is 12.1 Å². The van der Waals surface area contributed by atoms with Gasteiger partial charge >= 0.3 is 5.97 Å². The molecule has 0 saturated carbocycles. The molecule has 0 radical (unpaired) electrons. The lowest BCUT2D eigenvalue weighted by Crippen LogP contribution is -1.99. The molecule has 2 aromatic carbocycles. The molecule has 6 heteroatoms. The van der Waals surface area contributed by atoms with Gasteiger partial charge in [0.1, 0.15) is 5.82 Å². The van der Waals surface area contributed by atoms with Crippen molar-refractivity contribution in [2.45, 2.75) is 6.92 Å². The second-order valence-corrected chi connectivity index (χ2v) is 4.76. The molecule has 0 saturated heterocycles. The Morgan fingerprint density at radius 3 is 2.73 bits per heavy atom. The minimum absolute atomic E-state index is 0.0105. The first-order valence-corrected chi connectivity index (χ1v) is 6.49. The van der Waals surface area contributed by atoms with Crippen LogP contribution in [-0.2, 0) is 0 Å². The van der Waals surface area contributed by atoms with Crippen molar-refractivity contribution in [1.82, 2.24) is 10.1 Å². The molecule has 0 fully saturated rings. The number of aryl methyl sites for hydroxylation is 1. The van der Waals surface area contributed by atoms with E-state index in [4.69, 9.17) is 4.52 Å². The van der Waals surface area contributed by atoms with Crippen molar-refractivity contribution in [3.8, 4) is 22.8 Å². The molecule has 110 valence electrons. The molecule has 3 aromatic rings. The Balaban J connectivity index is 2.09. The van der Waals surface area contributed by atoms with Crippen LogP contribution in [0.25, 0.3) is 22.8 Å². The molecule has 1 N–H and O–H groups in total. The Kier molecular flexibility index (Phi) is 3.42. The van der Waals surface area contributed by atoms with E-state index in [0.717, 1.165) is 5.56 Å². The third-order valence-corrected chi connectivity index (χ3v) is 3.18. The minimum atomic E-state index is -1.09. The average Bonchev–Trinajstić information content (AvgIpc) is 2.99. The molecule has 3 rings (SSSR count). The van der Waals surface area contributed by atoms with E-state index in [2.05, 4.69) is 10.1 Å². The standard InChI is InChI=1S/C16H11FN2O3/c1-9-6-7-13(17)12(8-9)15-18-14(19-22-15)10-4-2-3-5-11(10)16(20)21/h2-8H,1H3,(H,20,21). The highest BCUT2D eigenvalue weighted by Crippen LogP contribution is 2.26. The van der Waals surface area contributed by atoms with Gasteiger partial charge in [0.05, 0.1) is 11.1 Å². The first-order chi connectivity index (χ1) is 10.6. The number of hydrogen-bond acceptors (Lipinski definition) is 4. The van der Waals surface area contributed by atoms with Crippen LogP contribution in [-0.4, -0.2) is 21.2 Å². The van der Waals surface area contributed by atoms with E-state index in [1.54, 1.807) is 30.3 Å². The zero-order chi connectivity index (χ0) is 15.7. The van der Waals surface area contributed by atoms with E-state index in [1.807, 2.05) is 6.92 Å². The number of carboxylic acid groups (broad SMARTS) is 1. The van der Waals surface area contributed by atoms with Crippen LogP contribution in [0.2, 0.25) is 0 Å². The number of nitrogens with zero attached hydrogens (tertiary/aromatic N) is 2. The summed E-state index contributed by atoms with van der Waals surface area (Å²) in [4.78, 5) is 15.3. The third kappa shape index (κ3) is 2.46. The normalized spacial score (nSPS) is 10.6. The van der Waals surface area contributed by atoms with Crippen LogP contribution in [0.1, 0.15) is 15.9 Å². The maximum Gasteiger partial charge on any atom is 0.336 e. The van der Waals surface area contributed by atoms with Gasteiger partial charge in [0.2, 0.25) is 5.82 Å². The molecule has 22 heavy (non-hydrogen) atoms. The summed E-state index contributed by atoms with van der Waals surface area (Å²) < 4.78 is 18.9. The van der Waals surface area contributed by atoms with Gasteiger partial charge in [-0.25, -0.2) is 9.18 Å². The number of aromatic nitrogens is 2. The van der Waals surface area contributed by atoms with Crippen molar-refractivity contribution in [1.29, 1.82) is 0 Å². The van der Waals surface area contributed by atoms with Crippen molar-refractivity contribution in [3.63, 3.8) is 0 Å². The van der Waals surface area contributed by atoms with Crippen molar-refractivity contribution in [2.24, 2.45) is 0 Å². The Labute approximate surface area is 125 Å². The molecule has 1 heterocycles. The first-order valence-electron chi connectivity index (χ1n) is 6.49. The quantitative estimate of drug-likeness (QED) is 0.800. The Morgan fingerprint density at radius 2 is 1.95 bits per heavy atom. The average molecular weight is 298 g/mol. The van der Waals surface area contributed by atoms with E-state index in [9.17, 15) is 14.3 Å². The predicted octanol–water partition coefficient (Wildman–Crippen LogP) is 3.55. The molecular formula is C16H11FN2O3. The molecule has 5 nitrogen and oxygen atoms in total. The Morgan fingerprint density at radius 1 is 1.18 bits per heavy atom. The summed E-state index contributed by atoms with van der Waals surface area (Å²) in [5.74, 6) is -1.46. The lowest BCUT2D eigenvalue weighted by Gasteiger charge is -2.00. The smallest absolute Gasteiger partial charge is 0.336 e. The molecule has 0 aliphatic carbocycles. The van der Waals surface area contributed by atoms with Crippen molar-refractivity contribution in [2.75, 3.05) is 0 Å². The summed E-state index contributed by atoms with van der Waals surface area (Å²) >= 11 is 0. The van der Waals surface area contributed by atoms with Crippen LogP contribution >= 0.6 is 0 Å². The third-order valence-electron chi connectivity index (χ3n) is 3.18. The van der Waals surface area contributed by atoms with Crippen LogP contribution in [0.5, 0.6) is 0 Å². The Hall–Kier alpha value is -3.02. The molecule has 0 spiro atoms. The summed E-state index contributed by atoms with van der Waals surface area (Å²) in [6.07, 6.45) is 0. The van der Waals surface area contributed by atoms with E-state index in [0.29, 0.717) is 5.56 Å². The van der Waals surface area contributed by atoms with Gasteiger partial charge in [-0.05, 0) is 25.1 Å². The van der Waals surface area contributed by atoms with E-state index < -0.39 is 11.8 Å². The number of aromatic carboxylic acids is 1. The monoisotopic (exact) mass is 298 g/mol. The second kappa shape index (κ2) is 5.40. The number of halogens is 1. The number of carbonyl (C=O) groups is 1. The van der Waals surface area contributed by atoms with Gasteiger partial charge in [-0.1, -0.05) is 35.0 Å². The van der Waals surface area contributed by atoms with Crippen LogP contribution in [0.4, 0.5) is 4.39 Å². The van der Waals surface area contributed by atoms with Gasteiger partial charge in [-0.15, -0.1) is 0 Å². The van der Waals surface area contributed by atoms with Gasteiger partial charge in [0.15, 0.2) is 0 Å². The van der Waals surface area contributed by atoms with Crippen molar-refractivity contribution in [3.05, 3.63) is 59.4 Å². The first kappa shape index (κ1) is 13.9. The van der Waals surface area contributed by atoms with Gasteiger partial charge in [-0.2, -0.15) is 4.98 Å². The molecule has 0 bridgehead atoms. The molecule has 0 unspecified atom stereocenters. The number of benzene rings is 2. The summed E-state index contributed by atoms with van der Waals surface area (Å²) in [5, 5.41) is 12.9. The van der Waals surface area contributed by atoms with E-state index in [-0.39, 0.29) is 22.8 Å². The molecule has 0 aliphatic heterocycles. The fourth-order valence-electron chi connectivity index (χ4n) is 2.11. The van der Waals surface area contributed by atoms with Crippen LogP contribution in [0, 0.1) is 12.7 Å². The fraction of sp³-hybridized carbons (Fsp3) is 0.0625.